The van der Waals surface area contributed by atoms with Gasteiger partial charge in [0.15, 0.2) is 0 Å². The van der Waals surface area contributed by atoms with Gasteiger partial charge in [-0.05, 0) is 38.1 Å². The number of aliphatic hydroxyl groups is 1. The summed E-state index contributed by atoms with van der Waals surface area (Å²) < 4.78 is 0. The Morgan fingerprint density at radius 2 is 2.00 bits per heavy atom. The van der Waals surface area contributed by atoms with Crippen molar-refractivity contribution < 1.29 is 5.11 Å². The van der Waals surface area contributed by atoms with Crippen molar-refractivity contribution in [2.75, 3.05) is 7.05 Å². The fraction of sp³-hybridized carbons (Fsp3) is 1.00. The van der Waals surface area contributed by atoms with Crippen molar-refractivity contribution in [3.63, 3.8) is 0 Å². The van der Waals surface area contributed by atoms with E-state index < -0.39 is 0 Å². The molecule has 14 heavy (non-hydrogen) atoms. The number of hydrogen-bond acceptors (Lipinski definition) is 2. The predicted octanol–water partition coefficient (Wildman–Crippen LogP) is 2.47. The van der Waals surface area contributed by atoms with E-state index in [4.69, 9.17) is 0 Å². The average Bonchev–Trinajstić information content (AvgIpc) is 2.01. The van der Waals surface area contributed by atoms with Crippen LogP contribution in [0.4, 0.5) is 0 Å². The van der Waals surface area contributed by atoms with Crippen LogP contribution in [0.3, 0.4) is 0 Å². The number of rotatable bonds is 5. The molecule has 0 aliphatic heterocycles. The quantitative estimate of drug-likeness (QED) is 0.688. The van der Waals surface area contributed by atoms with Gasteiger partial charge in [0, 0.05) is 6.04 Å². The fourth-order valence-corrected chi connectivity index (χ4v) is 2.47. The van der Waals surface area contributed by atoms with E-state index in [-0.39, 0.29) is 6.23 Å². The minimum absolute atomic E-state index is 0.230. The summed E-state index contributed by atoms with van der Waals surface area (Å²) in [6.07, 6.45) is 4.33. The first-order valence-corrected chi connectivity index (χ1v) is 5.98. The van der Waals surface area contributed by atoms with Gasteiger partial charge in [-0.3, -0.25) is 4.90 Å². The molecule has 2 nitrogen and oxygen atoms in total. The molecular formula is C12H25NO. The third-order valence-corrected chi connectivity index (χ3v) is 3.69. The highest BCUT2D eigenvalue weighted by Gasteiger charge is 2.37. The number of aliphatic hydroxyl groups excluding tert-OH is 1. The molecule has 84 valence electrons. The smallest absolute Gasteiger partial charge is 0.107 e. The van der Waals surface area contributed by atoms with Crippen molar-refractivity contribution in [1.82, 2.24) is 4.90 Å². The van der Waals surface area contributed by atoms with Crippen LogP contribution in [-0.4, -0.2) is 29.3 Å². The van der Waals surface area contributed by atoms with Gasteiger partial charge in [0.25, 0.3) is 0 Å². The zero-order chi connectivity index (χ0) is 10.7. The number of hydrogen-bond donors (Lipinski definition) is 1. The van der Waals surface area contributed by atoms with E-state index in [1.165, 1.54) is 12.8 Å². The Labute approximate surface area is 88.3 Å². The van der Waals surface area contributed by atoms with E-state index in [1.807, 2.05) is 0 Å². The lowest BCUT2D eigenvalue weighted by Gasteiger charge is -2.46. The Balaban J connectivity index is 2.40. The largest absolute Gasteiger partial charge is 0.378 e. The molecule has 1 aliphatic carbocycles. The molecule has 3 atom stereocenters. The second-order valence-corrected chi connectivity index (χ2v) is 4.99. The molecule has 0 aromatic rings. The lowest BCUT2D eigenvalue weighted by Crippen LogP contribution is -2.51. The summed E-state index contributed by atoms with van der Waals surface area (Å²) in [5.41, 5.74) is 0. The first-order valence-electron chi connectivity index (χ1n) is 5.98. The maximum atomic E-state index is 9.88. The zero-order valence-electron chi connectivity index (χ0n) is 10.0. The first kappa shape index (κ1) is 12.0. The molecule has 1 saturated carbocycles. The lowest BCUT2D eigenvalue weighted by atomic mass is 9.72. The summed E-state index contributed by atoms with van der Waals surface area (Å²) in [7, 11) is 2.07. The molecule has 0 bridgehead atoms. The molecule has 0 saturated heterocycles. The van der Waals surface area contributed by atoms with E-state index in [9.17, 15) is 5.11 Å². The average molecular weight is 199 g/mol. The van der Waals surface area contributed by atoms with Crippen LogP contribution in [0, 0.1) is 11.8 Å². The molecule has 0 amide bonds. The van der Waals surface area contributed by atoms with Gasteiger partial charge in [-0.15, -0.1) is 0 Å². The highest BCUT2D eigenvalue weighted by Crippen LogP contribution is 2.37. The van der Waals surface area contributed by atoms with Crippen LogP contribution in [0.5, 0.6) is 0 Å². The van der Waals surface area contributed by atoms with Crippen molar-refractivity contribution in [2.24, 2.45) is 11.8 Å². The molecule has 2 heteroatoms. The van der Waals surface area contributed by atoms with Gasteiger partial charge in [0.05, 0.1) is 0 Å². The van der Waals surface area contributed by atoms with Crippen molar-refractivity contribution in [2.45, 2.75) is 58.7 Å². The maximum absolute atomic E-state index is 9.88. The van der Waals surface area contributed by atoms with E-state index in [1.54, 1.807) is 0 Å². The summed E-state index contributed by atoms with van der Waals surface area (Å²) in [6, 6.07) is 0.622. The molecule has 0 aromatic carbocycles. The van der Waals surface area contributed by atoms with E-state index in [0.29, 0.717) is 6.04 Å². The van der Waals surface area contributed by atoms with Crippen molar-refractivity contribution in [3.05, 3.63) is 0 Å². The molecule has 0 aromatic heterocycles. The Kier molecular flexibility index (Phi) is 4.39. The summed E-state index contributed by atoms with van der Waals surface area (Å²) in [6.45, 7) is 6.70. The SMILES string of the molecule is CCCC(O)N(C)C1CCC1C(C)C. The number of nitrogens with zero attached hydrogens (tertiary/aromatic N) is 1. The zero-order valence-corrected chi connectivity index (χ0v) is 10.0. The minimum atomic E-state index is -0.230. The molecule has 3 unspecified atom stereocenters. The third-order valence-electron chi connectivity index (χ3n) is 3.69. The first-order chi connectivity index (χ1) is 6.57. The van der Waals surface area contributed by atoms with E-state index in [2.05, 4.69) is 32.7 Å². The summed E-state index contributed by atoms with van der Waals surface area (Å²) in [5.74, 6) is 1.55. The van der Waals surface area contributed by atoms with Crippen LogP contribution in [-0.2, 0) is 0 Å². The van der Waals surface area contributed by atoms with Gasteiger partial charge < -0.3 is 5.11 Å². The van der Waals surface area contributed by atoms with Gasteiger partial charge >= 0.3 is 0 Å². The molecule has 1 aliphatic rings. The van der Waals surface area contributed by atoms with Gasteiger partial charge in [-0.1, -0.05) is 27.2 Å². The maximum Gasteiger partial charge on any atom is 0.107 e. The Morgan fingerprint density at radius 3 is 2.36 bits per heavy atom. The minimum Gasteiger partial charge on any atom is -0.378 e. The van der Waals surface area contributed by atoms with Crippen LogP contribution < -0.4 is 0 Å². The van der Waals surface area contributed by atoms with Gasteiger partial charge in [-0.2, -0.15) is 0 Å². The molecule has 0 radical (unpaired) electrons. The van der Waals surface area contributed by atoms with Crippen LogP contribution >= 0.6 is 0 Å². The Bertz CT molecular complexity index is 170. The predicted molar refractivity (Wildman–Crippen MR) is 60.0 cm³/mol. The van der Waals surface area contributed by atoms with Crippen molar-refractivity contribution in [3.8, 4) is 0 Å². The van der Waals surface area contributed by atoms with Crippen LogP contribution in [0.2, 0.25) is 0 Å². The molecular weight excluding hydrogens is 174 g/mol. The van der Waals surface area contributed by atoms with E-state index in [0.717, 1.165) is 24.7 Å². The topological polar surface area (TPSA) is 23.5 Å². The lowest BCUT2D eigenvalue weighted by molar-refractivity contribution is -0.0659. The van der Waals surface area contributed by atoms with Gasteiger partial charge in [0.2, 0.25) is 0 Å². The Morgan fingerprint density at radius 1 is 1.36 bits per heavy atom. The van der Waals surface area contributed by atoms with E-state index >= 15 is 0 Å². The van der Waals surface area contributed by atoms with Crippen molar-refractivity contribution in [1.29, 1.82) is 0 Å². The van der Waals surface area contributed by atoms with Crippen LogP contribution in [0.25, 0.3) is 0 Å². The second kappa shape index (κ2) is 5.13. The van der Waals surface area contributed by atoms with Gasteiger partial charge in [0.1, 0.15) is 6.23 Å². The second-order valence-electron chi connectivity index (χ2n) is 4.99. The van der Waals surface area contributed by atoms with Gasteiger partial charge in [-0.25, -0.2) is 0 Å². The standard InChI is InChI=1S/C12H25NO/c1-5-6-12(14)13(4)11-8-7-10(11)9(2)3/h9-12,14H,5-8H2,1-4H3. The monoisotopic (exact) mass is 199 g/mol. The summed E-state index contributed by atoms with van der Waals surface area (Å²) in [4.78, 5) is 2.18. The molecule has 1 rings (SSSR count). The van der Waals surface area contributed by atoms with Crippen molar-refractivity contribution >= 4 is 0 Å². The Hall–Kier alpha value is -0.0800. The molecule has 0 spiro atoms. The molecule has 1 fully saturated rings. The molecule has 0 heterocycles. The summed E-state index contributed by atoms with van der Waals surface area (Å²) >= 11 is 0. The molecule has 1 N–H and O–H groups in total. The third kappa shape index (κ3) is 2.48. The normalized spacial score (nSPS) is 29.4. The summed E-state index contributed by atoms with van der Waals surface area (Å²) in [5, 5.41) is 9.88. The van der Waals surface area contributed by atoms with Crippen LogP contribution in [0.1, 0.15) is 46.5 Å². The highest BCUT2D eigenvalue weighted by molar-refractivity contribution is 4.89. The van der Waals surface area contributed by atoms with Crippen LogP contribution in [0.15, 0.2) is 0 Å². The fourth-order valence-electron chi connectivity index (χ4n) is 2.47. The highest BCUT2D eigenvalue weighted by atomic mass is 16.3.